The van der Waals surface area contributed by atoms with Gasteiger partial charge in [-0.15, -0.1) is 0 Å². The van der Waals surface area contributed by atoms with Crippen LogP contribution in [0.3, 0.4) is 0 Å². The van der Waals surface area contributed by atoms with Crippen LogP contribution in [0.15, 0.2) is 18.2 Å². The molecule has 1 heterocycles. The SMILES string of the molecule is Cc1nc2cc(C(=O)O)ccc2n1C(C)C1CC1. The van der Waals surface area contributed by atoms with E-state index in [0.29, 0.717) is 11.6 Å². The van der Waals surface area contributed by atoms with Crippen LogP contribution in [-0.2, 0) is 0 Å². The molecule has 1 atom stereocenters. The lowest BCUT2D eigenvalue weighted by atomic mass is 10.1. The predicted molar refractivity (Wildman–Crippen MR) is 68.9 cm³/mol. The molecule has 1 aromatic carbocycles. The number of rotatable bonds is 3. The highest BCUT2D eigenvalue weighted by molar-refractivity contribution is 5.92. The van der Waals surface area contributed by atoms with E-state index in [2.05, 4.69) is 16.5 Å². The number of carboxylic acids is 1. The Labute approximate surface area is 105 Å². The van der Waals surface area contributed by atoms with E-state index >= 15 is 0 Å². The molecule has 0 bridgehead atoms. The van der Waals surface area contributed by atoms with E-state index in [1.54, 1.807) is 12.1 Å². The lowest BCUT2D eigenvalue weighted by molar-refractivity contribution is 0.0697. The van der Waals surface area contributed by atoms with Crippen LogP contribution in [0.1, 0.15) is 42.0 Å². The Morgan fingerprint density at radius 3 is 2.83 bits per heavy atom. The fourth-order valence-corrected chi connectivity index (χ4v) is 2.66. The molecule has 0 radical (unpaired) electrons. The van der Waals surface area contributed by atoms with Crippen molar-refractivity contribution in [3.8, 4) is 0 Å². The van der Waals surface area contributed by atoms with Crippen LogP contribution in [0, 0.1) is 12.8 Å². The molecular weight excluding hydrogens is 228 g/mol. The summed E-state index contributed by atoms with van der Waals surface area (Å²) in [7, 11) is 0. The monoisotopic (exact) mass is 244 g/mol. The van der Waals surface area contributed by atoms with E-state index in [1.165, 1.54) is 12.8 Å². The average molecular weight is 244 g/mol. The minimum Gasteiger partial charge on any atom is -0.478 e. The fraction of sp³-hybridized carbons (Fsp3) is 0.429. The molecule has 1 saturated carbocycles. The summed E-state index contributed by atoms with van der Waals surface area (Å²) in [6, 6.07) is 5.63. The molecule has 2 aromatic rings. The first-order valence-electron chi connectivity index (χ1n) is 6.30. The molecule has 0 spiro atoms. The number of carboxylic acid groups (broad SMARTS) is 1. The van der Waals surface area contributed by atoms with Gasteiger partial charge in [0, 0.05) is 6.04 Å². The number of nitrogens with zero attached hydrogens (tertiary/aromatic N) is 2. The molecule has 1 aliphatic carbocycles. The lowest BCUT2D eigenvalue weighted by Gasteiger charge is -2.15. The number of aromatic nitrogens is 2. The second-order valence-electron chi connectivity index (χ2n) is 5.12. The molecule has 94 valence electrons. The van der Waals surface area contributed by atoms with E-state index in [0.717, 1.165) is 22.8 Å². The molecule has 1 N–H and O–H groups in total. The molecule has 1 unspecified atom stereocenters. The van der Waals surface area contributed by atoms with E-state index in [9.17, 15) is 4.79 Å². The first kappa shape index (κ1) is 11.3. The largest absolute Gasteiger partial charge is 0.478 e. The van der Waals surface area contributed by atoms with Gasteiger partial charge in [0.25, 0.3) is 0 Å². The van der Waals surface area contributed by atoms with Crippen LogP contribution >= 0.6 is 0 Å². The fourth-order valence-electron chi connectivity index (χ4n) is 2.66. The van der Waals surface area contributed by atoms with E-state index in [4.69, 9.17) is 5.11 Å². The number of hydrogen-bond donors (Lipinski definition) is 1. The second-order valence-corrected chi connectivity index (χ2v) is 5.12. The van der Waals surface area contributed by atoms with Crippen molar-refractivity contribution < 1.29 is 9.90 Å². The van der Waals surface area contributed by atoms with Gasteiger partial charge in [-0.05, 0) is 50.8 Å². The van der Waals surface area contributed by atoms with Crippen LogP contribution in [0.25, 0.3) is 11.0 Å². The number of aryl methyl sites for hydroxylation is 1. The Balaban J connectivity index is 2.14. The van der Waals surface area contributed by atoms with Gasteiger partial charge in [0.05, 0.1) is 16.6 Å². The molecule has 18 heavy (non-hydrogen) atoms. The Kier molecular flexibility index (Phi) is 2.40. The molecule has 0 amide bonds. The summed E-state index contributed by atoms with van der Waals surface area (Å²) in [5.74, 6) is 0.812. The van der Waals surface area contributed by atoms with Gasteiger partial charge in [-0.3, -0.25) is 0 Å². The summed E-state index contributed by atoms with van der Waals surface area (Å²) in [5.41, 5.74) is 2.11. The van der Waals surface area contributed by atoms with Crippen molar-refractivity contribution in [3.05, 3.63) is 29.6 Å². The van der Waals surface area contributed by atoms with E-state index < -0.39 is 5.97 Å². The quantitative estimate of drug-likeness (QED) is 0.902. The number of hydrogen-bond acceptors (Lipinski definition) is 2. The third kappa shape index (κ3) is 1.68. The molecule has 1 fully saturated rings. The third-order valence-electron chi connectivity index (χ3n) is 3.82. The number of aromatic carboxylic acids is 1. The summed E-state index contributed by atoms with van der Waals surface area (Å²) in [5, 5.41) is 8.99. The number of benzene rings is 1. The van der Waals surface area contributed by atoms with Gasteiger partial charge in [0.1, 0.15) is 5.82 Å². The van der Waals surface area contributed by atoms with Gasteiger partial charge in [-0.25, -0.2) is 9.78 Å². The predicted octanol–water partition coefficient (Wildman–Crippen LogP) is 3.01. The number of fused-ring (bicyclic) bond motifs is 1. The molecule has 1 aliphatic rings. The zero-order chi connectivity index (χ0) is 12.9. The van der Waals surface area contributed by atoms with Gasteiger partial charge in [0.15, 0.2) is 0 Å². The molecular formula is C14H16N2O2. The molecule has 0 saturated heterocycles. The summed E-state index contributed by atoms with van der Waals surface area (Å²) in [6.45, 7) is 4.20. The first-order valence-corrected chi connectivity index (χ1v) is 6.30. The minimum absolute atomic E-state index is 0.297. The summed E-state index contributed by atoms with van der Waals surface area (Å²) >= 11 is 0. The van der Waals surface area contributed by atoms with Crippen LogP contribution < -0.4 is 0 Å². The van der Waals surface area contributed by atoms with Crippen molar-refractivity contribution >= 4 is 17.0 Å². The maximum atomic E-state index is 11.0. The Morgan fingerprint density at radius 1 is 1.50 bits per heavy atom. The number of imidazole rings is 1. The van der Waals surface area contributed by atoms with Crippen LogP contribution in [0.4, 0.5) is 0 Å². The van der Waals surface area contributed by atoms with Crippen LogP contribution in [-0.4, -0.2) is 20.6 Å². The van der Waals surface area contributed by atoms with Gasteiger partial charge >= 0.3 is 5.97 Å². The molecule has 0 aliphatic heterocycles. The molecule has 4 heteroatoms. The second kappa shape index (κ2) is 3.83. The summed E-state index contributed by atoms with van der Waals surface area (Å²) in [6.07, 6.45) is 2.57. The zero-order valence-corrected chi connectivity index (χ0v) is 10.6. The van der Waals surface area contributed by atoms with Crippen molar-refractivity contribution in [2.24, 2.45) is 5.92 Å². The smallest absolute Gasteiger partial charge is 0.335 e. The van der Waals surface area contributed by atoms with Gasteiger partial charge in [-0.1, -0.05) is 0 Å². The maximum absolute atomic E-state index is 11.0. The molecule has 4 nitrogen and oxygen atoms in total. The Hall–Kier alpha value is -1.84. The lowest BCUT2D eigenvalue weighted by Crippen LogP contribution is -2.08. The van der Waals surface area contributed by atoms with Crippen molar-refractivity contribution in [2.45, 2.75) is 32.7 Å². The number of carbonyl (C=O) groups is 1. The minimum atomic E-state index is -0.903. The van der Waals surface area contributed by atoms with Crippen molar-refractivity contribution in [1.82, 2.24) is 9.55 Å². The standard InChI is InChI=1S/C14H16N2O2/c1-8(10-3-4-10)16-9(2)15-12-7-11(14(17)18)5-6-13(12)16/h5-8,10H,3-4H2,1-2H3,(H,17,18). The Bertz CT molecular complexity index is 626. The van der Waals surface area contributed by atoms with Crippen molar-refractivity contribution in [2.75, 3.05) is 0 Å². The summed E-state index contributed by atoms with van der Waals surface area (Å²) < 4.78 is 2.23. The average Bonchev–Trinajstić information content (AvgIpc) is 3.10. The molecule has 1 aromatic heterocycles. The third-order valence-corrected chi connectivity index (χ3v) is 3.82. The summed E-state index contributed by atoms with van der Waals surface area (Å²) in [4.78, 5) is 15.4. The van der Waals surface area contributed by atoms with Crippen LogP contribution in [0.2, 0.25) is 0 Å². The first-order chi connectivity index (χ1) is 8.58. The van der Waals surface area contributed by atoms with Crippen molar-refractivity contribution in [1.29, 1.82) is 0 Å². The molecule has 3 rings (SSSR count). The van der Waals surface area contributed by atoms with E-state index in [1.807, 2.05) is 13.0 Å². The Morgan fingerprint density at radius 2 is 2.22 bits per heavy atom. The highest BCUT2D eigenvalue weighted by Crippen LogP contribution is 2.41. The highest BCUT2D eigenvalue weighted by Gasteiger charge is 2.30. The van der Waals surface area contributed by atoms with E-state index in [-0.39, 0.29) is 0 Å². The topological polar surface area (TPSA) is 55.1 Å². The van der Waals surface area contributed by atoms with Gasteiger partial charge in [-0.2, -0.15) is 0 Å². The normalized spacial score (nSPS) is 17.0. The van der Waals surface area contributed by atoms with Crippen LogP contribution in [0.5, 0.6) is 0 Å². The highest BCUT2D eigenvalue weighted by atomic mass is 16.4. The zero-order valence-electron chi connectivity index (χ0n) is 10.6. The van der Waals surface area contributed by atoms with Crippen molar-refractivity contribution in [3.63, 3.8) is 0 Å². The van der Waals surface area contributed by atoms with Gasteiger partial charge in [0.2, 0.25) is 0 Å². The van der Waals surface area contributed by atoms with Gasteiger partial charge < -0.3 is 9.67 Å². The maximum Gasteiger partial charge on any atom is 0.335 e.